The highest BCUT2D eigenvalue weighted by atomic mass is 32.2. The lowest BCUT2D eigenvalue weighted by Crippen LogP contribution is -2.47. The summed E-state index contributed by atoms with van der Waals surface area (Å²) in [6, 6.07) is 27.2. The number of aromatic nitrogens is 12. The number of halogens is 9. The van der Waals surface area contributed by atoms with Crippen molar-refractivity contribution < 1.29 is 67.1 Å². The Hall–Kier alpha value is -13.4. The summed E-state index contributed by atoms with van der Waals surface area (Å²) < 4.78 is 155. The van der Waals surface area contributed by atoms with Gasteiger partial charge in [-0.2, -0.15) is 59.1 Å². The Kier molecular flexibility index (Phi) is 25.4. The van der Waals surface area contributed by atoms with Gasteiger partial charge in [-0.3, -0.25) is 53.7 Å². The number of amides is 4. The highest BCUT2D eigenvalue weighted by molar-refractivity contribution is 7.88. The molecule has 0 atom stereocenters. The summed E-state index contributed by atoms with van der Waals surface area (Å²) in [5.41, 5.74) is 3.27. The first-order valence-electron chi connectivity index (χ1n) is 37.9. The van der Waals surface area contributed by atoms with Gasteiger partial charge in [-0.1, -0.05) is 36.0 Å². The summed E-state index contributed by atoms with van der Waals surface area (Å²) in [4.78, 5) is 84.8. The van der Waals surface area contributed by atoms with Crippen molar-refractivity contribution in [1.82, 2.24) is 87.6 Å². The third kappa shape index (κ3) is 21.8. The third-order valence-corrected chi connectivity index (χ3v) is 21.4. The van der Waals surface area contributed by atoms with E-state index >= 15 is 0 Å². The zero-order valence-electron chi connectivity index (χ0n) is 64.7. The van der Waals surface area contributed by atoms with Crippen LogP contribution in [0.1, 0.15) is 118 Å². The number of rotatable bonds is 14. The summed E-state index contributed by atoms with van der Waals surface area (Å²) in [5, 5.41) is 20.2. The number of hydrogen-bond donors (Lipinski definition) is 3. The molecule has 0 bridgehead atoms. The number of benzene rings is 3. The normalized spacial score (nSPS) is 15.1. The minimum atomic E-state index is -4.66. The monoisotopic (exact) mass is 1680 g/mol. The number of carbonyl (C=O) groups is 4. The summed E-state index contributed by atoms with van der Waals surface area (Å²) in [5.74, 6) is 15.7. The van der Waals surface area contributed by atoms with Gasteiger partial charge in [0.05, 0.1) is 58.2 Å². The van der Waals surface area contributed by atoms with Crippen molar-refractivity contribution in [2.45, 2.75) is 64.0 Å². The molecule has 3 aromatic carbocycles. The van der Waals surface area contributed by atoms with Crippen molar-refractivity contribution >= 4 is 67.7 Å². The first-order chi connectivity index (χ1) is 58.0. The van der Waals surface area contributed by atoms with Crippen molar-refractivity contribution in [3.63, 3.8) is 0 Å². The Morgan fingerprint density at radius 3 is 1.04 bits per heavy atom. The van der Waals surface area contributed by atoms with Crippen LogP contribution in [0.3, 0.4) is 0 Å². The zero-order chi connectivity index (χ0) is 85.2. The standard InChI is InChI=1S/C29H26F3N7O.C28H24F3N7O2.C27H24F3N7O3S/c30-29(31,32)26-15-23(5-4-21(26)19-37-10-12-38(13-11-37)24-7-8-24)36-28(40)22-14-20(16-33-17-22)3-6-25-18-34-27-2-1-9-35-39(25)27;1-19(39)37-11-9-36(10-12-37)18-21-5-6-23(14-25(21)28(29,30)31)35-27(40)22-13-20(15-32-16-22)4-7-24-17-33-26-3-2-8-34-38(24)26;1-41(39,40)36-11-9-35(10-12-36)18-20-5-6-22(14-24(20)27(28,29)30)34-26(38)21-13-19(15-31-16-21)4-7-23-17-32-25-3-2-8-33-37(23)25/h1-2,4-5,9,14-18,24H,7-8,10-13,19H2,(H,36,40);2-3,5-6,8,13-17H,9-12,18H2,1H3,(H,35,40);2-3,5-6,8,13-17H,9-12,18H2,1H3,(H,34,38). The molecule has 620 valence electrons. The Morgan fingerprint density at radius 1 is 0.413 bits per heavy atom. The molecule has 4 fully saturated rings. The Labute approximate surface area is 686 Å². The molecule has 0 spiro atoms. The number of hydrogen-bond acceptors (Lipinski definition) is 19. The van der Waals surface area contributed by atoms with E-state index in [1.54, 1.807) is 96.9 Å². The fourth-order valence-corrected chi connectivity index (χ4v) is 14.5. The molecule has 3 N–H and O–H groups in total. The first-order valence-corrected chi connectivity index (χ1v) is 39.8. The van der Waals surface area contributed by atoms with Crippen LogP contribution in [-0.4, -0.2) is 210 Å². The fourth-order valence-electron chi connectivity index (χ4n) is 13.7. The van der Waals surface area contributed by atoms with Gasteiger partial charge >= 0.3 is 18.5 Å². The van der Waals surface area contributed by atoms with Gasteiger partial charge in [0, 0.05) is 201 Å². The first kappa shape index (κ1) is 84.1. The van der Waals surface area contributed by atoms with Crippen LogP contribution in [0, 0.1) is 35.5 Å². The SMILES string of the molecule is CC(=O)N1CCN(Cc2ccc(NC(=O)c3cncc(C#Cc4cnc5cccnn45)c3)cc2C(F)(F)F)CC1.CS(=O)(=O)N1CCN(Cc2ccc(NC(=O)c3cncc(C#Cc4cnc5cccnn45)c3)cc2C(F)(F)F)CC1.O=C(Nc1ccc(CN2CCN(C3CC3)CC2)c(C(F)(F)F)c1)c1cncc(C#Cc2cnc3cccnn23)c1. The number of carbonyl (C=O) groups excluding carboxylic acids is 4. The van der Waals surface area contributed by atoms with Gasteiger partial charge in [-0.15, -0.1) is 0 Å². The molecule has 4 amide bonds. The number of fused-ring (bicyclic) bond motifs is 3. The predicted molar refractivity (Wildman–Crippen MR) is 427 cm³/mol. The van der Waals surface area contributed by atoms with Crippen LogP contribution in [-0.2, 0) is 53.0 Å². The molecule has 12 aromatic rings. The fraction of sp³-hybridized carbons (Fsp3) is 0.274. The number of piperazine rings is 3. The highest BCUT2D eigenvalue weighted by Gasteiger charge is 2.39. The Bertz CT molecular complexity index is 6190. The molecule has 37 heteroatoms. The number of pyridine rings is 3. The Balaban J connectivity index is 0.000000148. The van der Waals surface area contributed by atoms with Crippen molar-refractivity contribution in [3.05, 3.63) is 267 Å². The number of alkyl halides is 9. The van der Waals surface area contributed by atoms with E-state index in [2.05, 4.69) is 106 Å². The lowest BCUT2D eigenvalue weighted by molar-refractivity contribution is -0.139. The molecule has 0 radical (unpaired) electrons. The van der Waals surface area contributed by atoms with Gasteiger partial charge in [0.25, 0.3) is 17.7 Å². The van der Waals surface area contributed by atoms with Crippen molar-refractivity contribution in [1.29, 1.82) is 0 Å². The van der Waals surface area contributed by atoms with E-state index in [4.69, 9.17) is 0 Å². The van der Waals surface area contributed by atoms with Gasteiger partial charge in [-0.25, -0.2) is 36.9 Å². The molecular formula is C84H74F9N21O6S. The van der Waals surface area contributed by atoms with Crippen molar-refractivity contribution in [2.75, 3.05) is 101 Å². The van der Waals surface area contributed by atoms with Gasteiger partial charge in [0.15, 0.2) is 16.9 Å². The van der Waals surface area contributed by atoms with Crippen molar-refractivity contribution in [3.8, 4) is 35.5 Å². The van der Waals surface area contributed by atoms with Crippen LogP contribution in [0.4, 0.5) is 56.6 Å². The molecule has 12 heterocycles. The maximum Gasteiger partial charge on any atom is 0.416 e. The summed E-state index contributed by atoms with van der Waals surface area (Å²) in [7, 11) is -3.35. The molecule has 3 saturated heterocycles. The van der Waals surface area contributed by atoms with Gasteiger partial charge < -0.3 is 20.9 Å². The number of sulfonamides is 1. The molecule has 9 aromatic heterocycles. The highest BCUT2D eigenvalue weighted by Crippen LogP contribution is 2.39. The van der Waals surface area contributed by atoms with Gasteiger partial charge in [-0.05, 0) is 138 Å². The number of nitrogens with zero attached hydrogens (tertiary/aromatic N) is 18. The van der Waals surface area contributed by atoms with Crippen LogP contribution in [0.15, 0.2) is 184 Å². The van der Waals surface area contributed by atoms with Gasteiger partial charge in [0.2, 0.25) is 15.9 Å². The van der Waals surface area contributed by atoms with Crippen LogP contribution >= 0.6 is 0 Å². The lowest BCUT2D eigenvalue weighted by Gasteiger charge is -2.35. The van der Waals surface area contributed by atoms with E-state index in [1.807, 2.05) is 4.90 Å². The average molecular weight is 1680 g/mol. The summed E-state index contributed by atoms with van der Waals surface area (Å²) >= 11 is 0. The third-order valence-electron chi connectivity index (χ3n) is 20.1. The van der Waals surface area contributed by atoms with E-state index in [9.17, 15) is 67.1 Å². The van der Waals surface area contributed by atoms with E-state index in [1.165, 1.54) is 116 Å². The number of anilines is 3. The summed E-state index contributed by atoms with van der Waals surface area (Å²) in [6.07, 6.45) is 7.71. The van der Waals surface area contributed by atoms with Crippen LogP contribution < -0.4 is 16.0 Å². The Morgan fingerprint density at radius 2 is 0.736 bits per heavy atom. The molecule has 1 aliphatic carbocycles. The van der Waals surface area contributed by atoms with Crippen LogP contribution in [0.2, 0.25) is 0 Å². The van der Waals surface area contributed by atoms with Crippen LogP contribution in [0.25, 0.3) is 16.9 Å². The maximum atomic E-state index is 14.0. The molecule has 4 aliphatic rings. The molecule has 27 nitrogen and oxygen atoms in total. The minimum Gasteiger partial charge on any atom is -0.340 e. The quantitative estimate of drug-likeness (QED) is 0.0673. The van der Waals surface area contributed by atoms with Gasteiger partial charge in [0.1, 0.15) is 17.1 Å². The molecular weight excluding hydrogens is 1600 g/mol. The lowest BCUT2D eigenvalue weighted by atomic mass is 10.0. The van der Waals surface area contributed by atoms with E-state index in [-0.39, 0.29) is 89.1 Å². The summed E-state index contributed by atoms with van der Waals surface area (Å²) in [6.45, 7) is 7.96. The largest absolute Gasteiger partial charge is 0.416 e. The molecule has 3 aliphatic heterocycles. The van der Waals surface area contributed by atoms with Crippen molar-refractivity contribution in [2.24, 2.45) is 0 Å². The number of nitrogens with one attached hydrogen (secondary N) is 3. The zero-order valence-corrected chi connectivity index (χ0v) is 65.5. The minimum absolute atomic E-state index is 0.00665. The average Bonchev–Trinajstić information content (AvgIpc) is 1.78. The predicted octanol–water partition coefficient (Wildman–Crippen LogP) is 10.4. The van der Waals surface area contributed by atoms with E-state index < -0.39 is 63.0 Å². The van der Waals surface area contributed by atoms with E-state index in [0.717, 1.165) is 50.6 Å². The smallest absolute Gasteiger partial charge is 0.340 e. The second kappa shape index (κ2) is 36.5. The topological polar surface area (TPSA) is 287 Å². The van der Waals surface area contributed by atoms with E-state index in [0.29, 0.717) is 96.0 Å². The van der Waals surface area contributed by atoms with Crippen LogP contribution in [0.5, 0.6) is 0 Å². The second-order valence-corrected chi connectivity index (χ2v) is 30.7. The molecule has 121 heavy (non-hydrogen) atoms. The molecule has 0 unspecified atom stereocenters. The molecule has 1 saturated carbocycles. The molecule has 16 rings (SSSR count). The second-order valence-electron chi connectivity index (χ2n) is 28.7. The maximum absolute atomic E-state index is 14.0. The number of imidazole rings is 3.